The van der Waals surface area contributed by atoms with Gasteiger partial charge in [-0.1, -0.05) is 32.1 Å². The summed E-state index contributed by atoms with van der Waals surface area (Å²) in [5.74, 6) is 2.03. The molecule has 0 aliphatic rings. The Morgan fingerprint density at radius 3 is 2.04 bits per heavy atom. The van der Waals surface area contributed by atoms with Crippen LogP contribution in [0.15, 0.2) is 24.3 Å². The smallest absolute Gasteiger partial charge is 0.416 e. The van der Waals surface area contributed by atoms with E-state index < -0.39 is 17.7 Å². The standard InChI is InChI=1S/C19H23F3O2/c1-2-3-4-5-6-7-8-9-10-15-24-18(23)16-11-13-17(14-12-16)19(20,21)22/h1,11-14H,3-10,15H2. The molecule has 0 amide bonds. The van der Waals surface area contributed by atoms with E-state index in [2.05, 4.69) is 5.92 Å². The third-order valence-electron chi connectivity index (χ3n) is 3.65. The quantitative estimate of drug-likeness (QED) is 0.314. The van der Waals surface area contributed by atoms with Crippen molar-refractivity contribution >= 4 is 5.97 Å². The maximum atomic E-state index is 12.4. The van der Waals surface area contributed by atoms with E-state index in [1.807, 2.05) is 0 Å². The molecule has 1 rings (SSSR count). The first-order chi connectivity index (χ1) is 11.4. The van der Waals surface area contributed by atoms with E-state index >= 15 is 0 Å². The van der Waals surface area contributed by atoms with E-state index in [4.69, 9.17) is 11.2 Å². The summed E-state index contributed by atoms with van der Waals surface area (Å²) in [4.78, 5) is 11.7. The molecule has 0 aromatic heterocycles. The Hall–Kier alpha value is -1.96. The van der Waals surface area contributed by atoms with Gasteiger partial charge < -0.3 is 4.74 Å². The van der Waals surface area contributed by atoms with Gasteiger partial charge in [0, 0.05) is 6.42 Å². The number of alkyl halides is 3. The fourth-order valence-corrected chi connectivity index (χ4v) is 2.26. The van der Waals surface area contributed by atoms with Gasteiger partial charge in [0.25, 0.3) is 0 Å². The third-order valence-corrected chi connectivity index (χ3v) is 3.65. The summed E-state index contributed by atoms with van der Waals surface area (Å²) in [5, 5.41) is 0. The van der Waals surface area contributed by atoms with Crippen molar-refractivity contribution in [2.75, 3.05) is 6.61 Å². The van der Waals surface area contributed by atoms with Crippen molar-refractivity contribution in [3.63, 3.8) is 0 Å². The number of carbonyl (C=O) groups is 1. The Kier molecular flexibility index (Phi) is 8.99. The van der Waals surface area contributed by atoms with Crippen molar-refractivity contribution in [3.05, 3.63) is 35.4 Å². The fourth-order valence-electron chi connectivity index (χ4n) is 2.26. The van der Waals surface area contributed by atoms with Crippen LogP contribution < -0.4 is 0 Å². The van der Waals surface area contributed by atoms with Gasteiger partial charge in [-0.25, -0.2) is 4.79 Å². The Balaban J connectivity index is 2.13. The second kappa shape index (κ2) is 10.7. The highest BCUT2D eigenvalue weighted by Crippen LogP contribution is 2.29. The number of benzene rings is 1. The molecule has 24 heavy (non-hydrogen) atoms. The normalized spacial score (nSPS) is 11.1. The van der Waals surface area contributed by atoms with Gasteiger partial charge in [-0.2, -0.15) is 13.2 Å². The van der Waals surface area contributed by atoms with Gasteiger partial charge in [0.1, 0.15) is 0 Å². The minimum absolute atomic E-state index is 0.136. The van der Waals surface area contributed by atoms with Crippen LogP contribution in [0.1, 0.15) is 67.3 Å². The molecule has 132 valence electrons. The van der Waals surface area contributed by atoms with Gasteiger partial charge in [0.15, 0.2) is 0 Å². The summed E-state index contributed by atoms with van der Waals surface area (Å²) in [6.07, 6.45) is 8.93. The molecule has 0 aliphatic heterocycles. The zero-order chi connectivity index (χ0) is 17.8. The molecule has 0 N–H and O–H groups in total. The van der Waals surface area contributed by atoms with E-state index in [-0.39, 0.29) is 12.2 Å². The van der Waals surface area contributed by atoms with Crippen LogP contribution in [0, 0.1) is 12.3 Å². The predicted octanol–water partition coefficient (Wildman–Crippen LogP) is 5.62. The zero-order valence-electron chi connectivity index (χ0n) is 13.7. The third kappa shape index (κ3) is 8.05. The van der Waals surface area contributed by atoms with Crippen molar-refractivity contribution in [1.82, 2.24) is 0 Å². The number of halogens is 3. The molecule has 0 aliphatic carbocycles. The summed E-state index contributed by atoms with van der Waals surface area (Å²) >= 11 is 0. The summed E-state index contributed by atoms with van der Waals surface area (Å²) < 4.78 is 42.4. The van der Waals surface area contributed by atoms with Gasteiger partial charge in [-0.05, 0) is 37.1 Å². The average Bonchev–Trinajstić information content (AvgIpc) is 2.55. The highest BCUT2D eigenvalue weighted by molar-refractivity contribution is 5.89. The van der Waals surface area contributed by atoms with E-state index in [0.717, 1.165) is 75.6 Å². The van der Waals surface area contributed by atoms with Gasteiger partial charge in [-0.15, -0.1) is 12.3 Å². The van der Waals surface area contributed by atoms with Crippen LogP contribution >= 0.6 is 0 Å². The molecular formula is C19H23F3O2. The first-order valence-electron chi connectivity index (χ1n) is 8.23. The van der Waals surface area contributed by atoms with Crippen LogP contribution in [0.4, 0.5) is 13.2 Å². The molecule has 0 saturated heterocycles. The van der Waals surface area contributed by atoms with Crippen molar-refractivity contribution in [2.24, 2.45) is 0 Å². The molecule has 0 bridgehead atoms. The first kappa shape index (κ1) is 20.1. The number of hydrogen-bond acceptors (Lipinski definition) is 2. The highest BCUT2D eigenvalue weighted by atomic mass is 19.4. The molecule has 0 radical (unpaired) electrons. The van der Waals surface area contributed by atoms with E-state index in [0.29, 0.717) is 0 Å². The zero-order valence-corrected chi connectivity index (χ0v) is 13.7. The minimum atomic E-state index is -4.40. The molecule has 1 aromatic rings. The molecular weight excluding hydrogens is 317 g/mol. The minimum Gasteiger partial charge on any atom is -0.462 e. The summed E-state index contributed by atoms with van der Waals surface area (Å²) in [5.41, 5.74) is -0.641. The number of carbonyl (C=O) groups excluding carboxylic acids is 1. The molecule has 0 saturated carbocycles. The summed E-state index contributed by atoms with van der Waals surface area (Å²) in [6.45, 7) is 0.289. The monoisotopic (exact) mass is 340 g/mol. The molecule has 2 nitrogen and oxygen atoms in total. The maximum Gasteiger partial charge on any atom is 0.416 e. The van der Waals surface area contributed by atoms with Crippen LogP contribution in [0.2, 0.25) is 0 Å². The number of rotatable bonds is 10. The van der Waals surface area contributed by atoms with Crippen molar-refractivity contribution in [3.8, 4) is 12.3 Å². The SMILES string of the molecule is C#CCCCCCCCCCOC(=O)c1ccc(C(F)(F)F)cc1. The lowest BCUT2D eigenvalue weighted by Crippen LogP contribution is -2.08. The van der Waals surface area contributed by atoms with Gasteiger partial charge >= 0.3 is 12.1 Å². The summed E-state index contributed by atoms with van der Waals surface area (Å²) in [7, 11) is 0. The molecule has 0 heterocycles. The van der Waals surface area contributed by atoms with Crippen LogP contribution in [0.25, 0.3) is 0 Å². The van der Waals surface area contributed by atoms with Crippen LogP contribution in [0.5, 0.6) is 0 Å². The lowest BCUT2D eigenvalue weighted by Gasteiger charge is -2.08. The lowest BCUT2D eigenvalue weighted by atomic mass is 10.1. The molecule has 0 spiro atoms. The number of terminal acetylenes is 1. The molecule has 1 aromatic carbocycles. The predicted molar refractivity (Wildman–Crippen MR) is 87.5 cm³/mol. The second-order valence-electron chi connectivity index (χ2n) is 5.64. The van der Waals surface area contributed by atoms with E-state index in [1.165, 1.54) is 0 Å². The number of unbranched alkanes of at least 4 members (excludes halogenated alkanes) is 7. The summed E-state index contributed by atoms with van der Waals surface area (Å²) in [6, 6.07) is 4.05. The van der Waals surface area contributed by atoms with Gasteiger partial charge in [0.2, 0.25) is 0 Å². The Bertz CT molecular complexity index is 527. The fraction of sp³-hybridized carbons (Fsp3) is 0.526. The lowest BCUT2D eigenvalue weighted by molar-refractivity contribution is -0.137. The number of esters is 1. The highest BCUT2D eigenvalue weighted by Gasteiger charge is 2.30. The number of ether oxygens (including phenoxy) is 1. The molecule has 5 heteroatoms. The van der Waals surface area contributed by atoms with Crippen LogP contribution in [-0.2, 0) is 10.9 Å². The van der Waals surface area contributed by atoms with Gasteiger partial charge in [-0.3, -0.25) is 0 Å². The van der Waals surface area contributed by atoms with Crippen LogP contribution in [0.3, 0.4) is 0 Å². The van der Waals surface area contributed by atoms with Crippen LogP contribution in [-0.4, -0.2) is 12.6 Å². The topological polar surface area (TPSA) is 26.3 Å². The second-order valence-corrected chi connectivity index (χ2v) is 5.64. The molecule has 0 unspecified atom stereocenters. The first-order valence-corrected chi connectivity index (χ1v) is 8.23. The van der Waals surface area contributed by atoms with E-state index in [1.54, 1.807) is 0 Å². The van der Waals surface area contributed by atoms with Gasteiger partial charge in [0.05, 0.1) is 17.7 Å². The largest absolute Gasteiger partial charge is 0.462 e. The molecule has 0 atom stereocenters. The Labute approximate surface area is 141 Å². The average molecular weight is 340 g/mol. The Morgan fingerprint density at radius 1 is 0.958 bits per heavy atom. The number of hydrogen-bond donors (Lipinski definition) is 0. The van der Waals surface area contributed by atoms with Crippen molar-refractivity contribution < 1.29 is 22.7 Å². The van der Waals surface area contributed by atoms with Crippen molar-refractivity contribution in [1.29, 1.82) is 0 Å². The molecule has 0 fully saturated rings. The Morgan fingerprint density at radius 2 is 1.50 bits per heavy atom. The van der Waals surface area contributed by atoms with Crippen molar-refractivity contribution in [2.45, 2.75) is 57.5 Å². The van der Waals surface area contributed by atoms with E-state index in [9.17, 15) is 18.0 Å². The maximum absolute atomic E-state index is 12.4.